The van der Waals surface area contributed by atoms with Crippen LogP contribution in [-0.2, 0) is 13.1 Å². The van der Waals surface area contributed by atoms with Gasteiger partial charge in [0, 0.05) is 70.7 Å². The Kier molecular flexibility index (Phi) is 16.9. The molecule has 380 valence electrons. The van der Waals surface area contributed by atoms with Crippen LogP contribution in [0.5, 0.6) is 0 Å². The molecule has 0 bridgehead atoms. The van der Waals surface area contributed by atoms with E-state index in [1.165, 1.54) is 11.1 Å². The van der Waals surface area contributed by atoms with Gasteiger partial charge in [0.15, 0.2) is 11.6 Å². The highest BCUT2D eigenvalue weighted by Gasteiger charge is 2.21. The van der Waals surface area contributed by atoms with Crippen molar-refractivity contribution in [2.75, 3.05) is 57.5 Å². The minimum Gasteiger partial charge on any atom is -0.369 e. The predicted octanol–water partition coefficient (Wildman–Crippen LogP) is 14.8. The summed E-state index contributed by atoms with van der Waals surface area (Å²) in [5.41, 5.74) is 10.6. The summed E-state index contributed by atoms with van der Waals surface area (Å²) in [6.07, 6.45) is 7.55. The minimum atomic E-state index is 0.292. The van der Waals surface area contributed by atoms with Crippen LogP contribution in [-0.4, -0.2) is 91.7 Å². The molecule has 6 aromatic carbocycles. The van der Waals surface area contributed by atoms with E-state index in [-0.39, 0.29) is 0 Å². The first-order valence-electron chi connectivity index (χ1n) is 26.0. The van der Waals surface area contributed by atoms with Gasteiger partial charge in [0.25, 0.3) is 0 Å². The van der Waals surface area contributed by atoms with Crippen molar-refractivity contribution in [3.05, 3.63) is 178 Å². The Balaban J connectivity index is 0.000000183. The fourth-order valence-corrected chi connectivity index (χ4v) is 10.5. The summed E-state index contributed by atoms with van der Waals surface area (Å²) in [4.78, 5) is 25.0. The Morgan fingerprint density at radius 2 is 1.01 bits per heavy atom. The molecule has 0 saturated carbocycles. The molecule has 4 heterocycles. The molecule has 12 heteroatoms. The molecule has 0 saturated heterocycles. The van der Waals surface area contributed by atoms with Crippen LogP contribution in [0.15, 0.2) is 146 Å². The number of aromatic nitrogens is 6. The molecule has 74 heavy (non-hydrogen) atoms. The number of nitrogens with zero attached hydrogens (tertiary/aromatic N) is 8. The van der Waals surface area contributed by atoms with E-state index in [1.807, 2.05) is 36.4 Å². The van der Waals surface area contributed by atoms with Crippen LogP contribution in [0, 0.1) is 13.8 Å². The van der Waals surface area contributed by atoms with Crippen molar-refractivity contribution in [2.45, 2.75) is 73.0 Å². The minimum absolute atomic E-state index is 0.292. The van der Waals surface area contributed by atoms with Crippen molar-refractivity contribution < 1.29 is 0 Å². The summed E-state index contributed by atoms with van der Waals surface area (Å²) in [6.45, 7) is 17.6. The molecule has 10 rings (SSSR count). The van der Waals surface area contributed by atoms with Gasteiger partial charge in [0.05, 0.1) is 32.1 Å². The largest absolute Gasteiger partial charge is 0.369 e. The second-order valence-corrected chi connectivity index (χ2v) is 20.4. The lowest BCUT2D eigenvalue weighted by atomic mass is 10.1. The summed E-state index contributed by atoms with van der Waals surface area (Å²) in [7, 11) is 4.19. The van der Waals surface area contributed by atoms with Crippen LogP contribution in [0.4, 0.5) is 11.6 Å². The van der Waals surface area contributed by atoms with E-state index >= 15 is 0 Å². The van der Waals surface area contributed by atoms with Gasteiger partial charge in [-0.2, -0.15) is 0 Å². The molecule has 2 N–H and O–H groups in total. The second kappa shape index (κ2) is 24.0. The highest BCUT2D eigenvalue weighted by molar-refractivity contribution is 6.36. The standard InChI is InChI=1S/C33H38ClN5.C29H30ClN5/c1-5-38(6-2)20-12-14-24(4)35-32-27-18-10-13-23(3)30(27)36-33(37-32)28-22-39(21-25-15-8-7-9-16-25)31-26(28)17-11-19-29(31)34;1-20-10-7-14-23-26(20)32-29(33-28(23)31-16-9-17-34(2)3)24-19-35(18-21-11-5-4-6-12-21)27-22(24)13-8-15-25(27)30/h7-11,13,15-19,22,24H,5-6,12,14,20-21H2,1-4H3,(H,35,36,37);4-8,10-15,19H,9,16-18H2,1-3H3,(H,31,32,33). The van der Waals surface area contributed by atoms with Gasteiger partial charge in [0.1, 0.15) is 11.6 Å². The van der Waals surface area contributed by atoms with Gasteiger partial charge in [-0.3, -0.25) is 0 Å². The number of nitrogens with one attached hydrogen (secondary N) is 2. The molecule has 0 radical (unpaired) electrons. The first kappa shape index (κ1) is 52.1. The molecule has 4 aromatic heterocycles. The molecular weight excluding hydrogens is 956 g/mol. The summed E-state index contributed by atoms with van der Waals surface area (Å²) >= 11 is 13.5. The molecule has 1 atom stereocenters. The van der Waals surface area contributed by atoms with E-state index in [4.69, 9.17) is 43.1 Å². The average molecular weight is 1020 g/mol. The third-order valence-electron chi connectivity index (χ3n) is 13.9. The fourth-order valence-electron chi connectivity index (χ4n) is 9.94. The zero-order valence-electron chi connectivity index (χ0n) is 43.8. The van der Waals surface area contributed by atoms with Crippen LogP contribution in [0.3, 0.4) is 0 Å². The van der Waals surface area contributed by atoms with Gasteiger partial charge >= 0.3 is 0 Å². The number of hydrogen-bond acceptors (Lipinski definition) is 8. The zero-order valence-corrected chi connectivity index (χ0v) is 45.4. The van der Waals surface area contributed by atoms with Gasteiger partial charge in [0.2, 0.25) is 0 Å². The van der Waals surface area contributed by atoms with Gasteiger partial charge in [-0.15, -0.1) is 0 Å². The molecule has 0 spiro atoms. The molecule has 1 unspecified atom stereocenters. The van der Waals surface area contributed by atoms with E-state index in [0.29, 0.717) is 17.7 Å². The van der Waals surface area contributed by atoms with Crippen LogP contribution >= 0.6 is 23.2 Å². The maximum Gasteiger partial charge on any atom is 0.164 e. The Morgan fingerprint density at radius 3 is 1.51 bits per heavy atom. The van der Waals surface area contributed by atoms with E-state index in [0.717, 1.165) is 153 Å². The molecule has 0 aliphatic heterocycles. The Hall–Kier alpha value is -6.82. The summed E-state index contributed by atoms with van der Waals surface area (Å²) in [5.74, 6) is 3.19. The van der Waals surface area contributed by atoms with Gasteiger partial charge < -0.3 is 29.6 Å². The smallest absolute Gasteiger partial charge is 0.164 e. The molecule has 10 aromatic rings. The quantitative estimate of drug-likeness (QED) is 0.0774. The third kappa shape index (κ3) is 11.9. The van der Waals surface area contributed by atoms with Crippen molar-refractivity contribution in [1.29, 1.82) is 0 Å². The maximum absolute atomic E-state index is 6.76. The normalized spacial score (nSPS) is 12.0. The van der Waals surface area contributed by atoms with E-state index in [2.05, 4.69) is 188 Å². The number of benzene rings is 6. The molecule has 0 fully saturated rings. The lowest BCUT2D eigenvalue weighted by Gasteiger charge is -2.21. The first-order valence-corrected chi connectivity index (χ1v) is 26.8. The molecule has 0 amide bonds. The average Bonchev–Trinajstić information content (AvgIpc) is 3.97. The van der Waals surface area contributed by atoms with E-state index in [1.54, 1.807) is 0 Å². The zero-order chi connectivity index (χ0) is 51.7. The summed E-state index contributed by atoms with van der Waals surface area (Å²) in [5, 5.41) is 13.0. The molecular formula is C62H68Cl2N10. The number of para-hydroxylation sites is 4. The Bertz CT molecular complexity index is 3490. The predicted molar refractivity (Wildman–Crippen MR) is 313 cm³/mol. The fraction of sp³-hybridized carbons (Fsp3) is 0.290. The topological polar surface area (TPSA) is 92.0 Å². The molecule has 0 aliphatic carbocycles. The van der Waals surface area contributed by atoms with Crippen LogP contribution < -0.4 is 10.6 Å². The van der Waals surface area contributed by atoms with E-state index in [9.17, 15) is 0 Å². The second-order valence-electron chi connectivity index (χ2n) is 19.6. The number of hydrogen-bond donors (Lipinski definition) is 2. The lowest BCUT2D eigenvalue weighted by molar-refractivity contribution is 0.295. The van der Waals surface area contributed by atoms with Gasteiger partial charge in [-0.1, -0.05) is 146 Å². The molecule has 10 nitrogen and oxygen atoms in total. The summed E-state index contributed by atoms with van der Waals surface area (Å²) in [6, 6.07) is 45.9. The number of halogens is 2. The monoisotopic (exact) mass is 1020 g/mol. The first-order chi connectivity index (χ1) is 36.0. The Labute approximate surface area is 446 Å². The van der Waals surface area contributed by atoms with Crippen molar-refractivity contribution in [3.63, 3.8) is 0 Å². The number of fused-ring (bicyclic) bond motifs is 4. The highest BCUT2D eigenvalue weighted by Crippen LogP contribution is 2.38. The van der Waals surface area contributed by atoms with Gasteiger partial charge in [-0.25, -0.2) is 19.9 Å². The van der Waals surface area contributed by atoms with Crippen LogP contribution in [0.1, 0.15) is 62.3 Å². The lowest BCUT2D eigenvalue weighted by Crippen LogP contribution is -2.25. The number of aryl methyl sites for hydroxylation is 2. The van der Waals surface area contributed by atoms with Gasteiger partial charge in [-0.05, 0) is 127 Å². The third-order valence-corrected chi connectivity index (χ3v) is 14.5. The summed E-state index contributed by atoms with van der Waals surface area (Å²) < 4.78 is 4.43. The van der Waals surface area contributed by atoms with Crippen LogP contribution in [0.2, 0.25) is 10.0 Å². The van der Waals surface area contributed by atoms with Crippen molar-refractivity contribution >= 4 is 78.4 Å². The van der Waals surface area contributed by atoms with Crippen LogP contribution in [0.25, 0.3) is 66.4 Å². The Morgan fingerprint density at radius 1 is 0.541 bits per heavy atom. The van der Waals surface area contributed by atoms with Crippen molar-refractivity contribution in [3.8, 4) is 22.8 Å². The van der Waals surface area contributed by atoms with Crippen molar-refractivity contribution in [2.24, 2.45) is 0 Å². The molecule has 0 aliphatic rings. The number of anilines is 2. The SMILES string of the molecule is CCN(CC)CCCC(C)Nc1nc(-c2cn(Cc3ccccc3)c3c(Cl)cccc23)nc2c(C)cccc12.Cc1cccc2c(NCCCN(C)C)nc(-c3cn(Cc4ccccc4)c4c(Cl)cccc34)nc12. The highest BCUT2D eigenvalue weighted by atomic mass is 35.5. The maximum atomic E-state index is 6.76. The van der Waals surface area contributed by atoms with E-state index < -0.39 is 0 Å². The number of rotatable bonds is 19. The van der Waals surface area contributed by atoms with Crippen molar-refractivity contribution in [1.82, 2.24) is 38.9 Å².